The molecule has 0 fully saturated rings. The van der Waals surface area contributed by atoms with Crippen LogP contribution in [-0.4, -0.2) is 27.9 Å². The average Bonchev–Trinajstić information content (AvgIpc) is 2.90. The number of hydrogen-bond donors (Lipinski definition) is 2. The number of methoxy groups -OCH3 is 1. The summed E-state index contributed by atoms with van der Waals surface area (Å²) in [6.45, 7) is 0. The Bertz CT molecular complexity index is 609. The highest BCUT2D eigenvalue weighted by Gasteiger charge is 2.17. The van der Waals surface area contributed by atoms with Gasteiger partial charge in [0.15, 0.2) is 5.75 Å². The van der Waals surface area contributed by atoms with Gasteiger partial charge in [0.05, 0.1) is 12.0 Å². The molecule has 0 atom stereocenters. The van der Waals surface area contributed by atoms with Crippen LogP contribution in [0.5, 0.6) is 5.75 Å². The van der Waals surface area contributed by atoms with Crippen molar-refractivity contribution in [3.05, 3.63) is 46.3 Å². The average molecular weight is 262 g/mol. The molecule has 2 aromatic rings. The number of ether oxygens (including phenoxy) is 1. The van der Waals surface area contributed by atoms with Crippen LogP contribution in [0.4, 0.5) is 11.6 Å². The molecule has 1 aromatic heterocycles. The highest BCUT2D eigenvalue weighted by Crippen LogP contribution is 2.27. The minimum absolute atomic E-state index is 0.0251. The first-order valence-electron chi connectivity index (χ1n) is 5.25. The van der Waals surface area contributed by atoms with E-state index in [-0.39, 0.29) is 17.0 Å². The number of benzene rings is 1. The Balaban J connectivity index is 2.25. The third kappa shape index (κ3) is 2.68. The molecule has 0 unspecified atom stereocenters. The van der Waals surface area contributed by atoms with Crippen LogP contribution in [0.25, 0.3) is 0 Å². The van der Waals surface area contributed by atoms with E-state index in [1.54, 1.807) is 6.20 Å². The first-order chi connectivity index (χ1) is 9.11. The fourth-order valence-electron chi connectivity index (χ4n) is 1.48. The van der Waals surface area contributed by atoms with Crippen LogP contribution in [-0.2, 0) is 0 Å². The molecule has 0 saturated carbocycles. The van der Waals surface area contributed by atoms with Crippen molar-refractivity contribution in [1.82, 2.24) is 9.97 Å². The summed E-state index contributed by atoms with van der Waals surface area (Å²) in [6, 6.07) is 3.87. The summed E-state index contributed by atoms with van der Waals surface area (Å²) in [5, 5.41) is 13.2. The van der Waals surface area contributed by atoms with Gasteiger partial charge in [0.25, 0.3) is 5.91 Å². The van der Waals surface area contributed by atoms with Gasteiger partial charge in [-0.25, -0.2) is 4.98 Å². The highest BCUT2D eigenvalue weighted by molar-refractivity contribution is 6.03. The first kappa shape index (κ1) is 12.6. The van der Waals surface area contributed by atoms with E-state index >= 15 is 0 Å². The van der Waals surface area contributed by atoms with Crippen LogP contribution in [0.3, 0.4) is 0 Å². The van der Waals surface area contributed by atoms with Gasteiger partial charge in [0, 0.05) is 30.1 Å². The maximum absolute atomic E-state index is 11.9. The van der Waals surface area contributed by atoms with E-state index < -0.39 is 10.8 Å². The molecule has 0 aliphatic heterocycles. The normalized spacial score (nSPS) is 9.95. The fraction of sp³-hybridized carbons (Fsp3) is 0.0909. The van der Waals surface area contributed by atoms with Gasteiger partial charge in [0.2, 0.25) is 5.95 Å². The topological polar surface area (TPSA) is 110 Å². The number of anilines is 1. The number of hydrogen-bond acceptors (Lipinski definition) is 5. The van der Waals surface area contributed by atoms with Gasteiger partial charge in [-0.15, -0.1) is 0 Å². The van der Waals surface area contributed by atoms with Crippen molar-refractivity contribution in [2.45, 2.75) is 0 Å². The summed E-state index contributed by atoms with van der Waals surface area (Å²) in [7, 11) is 1.30. The zero-order chi connectivity index (χ0) is 13.8. The summed E-state index contributed by atoms with van der Waals surface area (Å²) in [5.41, 5.74) is 0.0379. The zero-order valence-corrected chi connectivity index (χ0v) is 9.91. The van der Waals surface area contributed by atoms with Gasteiger partial charge in [0.1, 0.15) is 0 Å². The Labute approximate surface area is 107 Å². The Morgan fingerprint density at radius 3 is 2.89 bits per heavy atom. The van der Waals surface area contributed by atoms with Crippen molar-refractivity contribution in [2.24, 2.45) is 0 Å². The van der Waals surface area contributed by atoms with Crippen LogP contribution in [0.2, 0.25) is 0 Å². The number of nitrogens with zero attached hydrogens (tertiary/aromatic N) is 2. The largest absolute Gasteiger partial charge is 0.490 e. The predicted octanol–water partition coefficient (Wildman–Crippen LogP) is 1.58. The van der Waals surface area contributed by atoms with E-state index in [0.29, 0.717) is 5.95 Å². The molecular formula is C11H10N4O4. The van der Waals surface area contributed by atoms with Gasteiger partial charge >= 0.3 is 5.69 Å². The van der Waals surface area contributed by atoms with Crippen molar-refractivity contribution in [1.29, 1.82) is 0 Å². The number of nitrogens with one attached hydrogen (secondary N) is 2. The summed E-state index contributed by atoms with van der Waals surface area (Å²) < 4.78 is 4.89. The van der Waals surface area contributed by atoms with Gasteiger partial charge in [-0.2, -0.15) is 0 Å². The highest BCUT2D eigenvalue weighted by atomic mass is 16.6. The number of carbonyl (C=O) groups is 1. The minimum atomic E-state index is -0.576. The molecule has 1 heterocycles. The number of nitro benzene ring substituents is 1. The monoisotopic (exact) mass is 262 g/mol. The third-order valence-electron chi connectivity index (χ3n) is 2.37. The van der Waals surface area contributed by atoms with Crippen LogP contribution < -0.4 is 10.1 Å². The van der Waals surface area contributed by atoms with E-state index in [4.69, 9.17) is 4.74 Å². The Morgan fingerprint density at radius 1 is 1.53 bits per heavy atom. The number of amides is 1. The lowest BCUT2D eigenvalue weighted by Crippen LogP contribution is -2.13. The van der Waals surface area contributed by atoms with E-state index in [0.717, 1.165) is 0 Å². The smallest absolute Gasteiger partial charge is 0.310 e. The second-order valence-corrected chi connectivity index (χ2v) is 3.54. The number of H-pyrrole nitrogens is 1. The Hall–Kier alpha value is -2.90. The van der Waals surface area contributed by atoms with E-state index in [1.165, 1.54) is 31.5 Å². The van der Waals surface area contributed by atoms with E-state index in [1.807, 2.05) is 0 Å². The van der Waals surface area contributed by atoms with Crippen LogP contribution in [0.15, 0.2) is 30.6 Å². The zero-order valence-electron chi connectivity index (χ0n) is 9.91. The molecule has 2 N–H and O–H groups in total. The summed E-state index contributed by atoms with van der Waals surface area (Å²) >= 11 is 0. The number of aromatic nitrogens is 2. The molecule has 8 heteroatoms. The number of aromatic amines is 1. The molecule has 98 valence electrons. The lowest BCUT2D eigenvalue weighted by atomic mass is 10.2. The Kier molecular flexibility index (Phi) is 3.42. The fourth-order valence-corrected chi connectivity index (χ4v) is 1.48. The van der Waals surface area contributed by atoms with E-state index in [9.17, 15) is 14.9 Å². The van der Waals surface area contributed by atoms with Gasteiger partial charge in [-0.1, -0.05) is 0 Å². The SMILES string of the molecule is COc1cc(C(=O)Nc2ncc[nH]2)ccc1[N+](=O)[O-]. The molecule has 0 aliphatic carbocycles. The van der Waals surface area contributed by atoms with Crippen LogP contribution in [0.1, 0.15) is 10.4 Å². The standard InChI is InChI=1S/C11H10N4O4/c1-19-9-6-7(2-3-8(9)15(17)18)10(16)14-11-12-4-5-13-11/h2-6H,1H3,(H2,12,13,14,16). The van der Waals surface area contributed by atoms with E-state index in [2.05, 4.69) is 15.3 Å². The summed E-state index contributed by atoms with van der Waals surface area (Å²) in [5.74, 6) is -0.123. The number of carbonyl (C=O) groups excluding carboxylic acids is 1. The molecule has 19 heavy (non-hydrogen) atoms. The third-order valence-corrected chi connectivity index (χ3v) is 2.37. The van der Waals surface area contributed by atoms with Crippen molar-refractivity contribution < 1.29 is 14.5 Å². The lowest BCUT2D eigenvalue weighted by molar-refractivity contribution is -0.385. The second-order valence-electron chi connectivity index (χ2n) is 3.54. The summed E-state index contributed by atoms with van der Waals surface area (Å²) in [4.78, 5) is 28.6. The first-order valence-corrected chi connectivity index (χ1v) is 5.25. The minimum Gasteiger partial charge on any atom is -0.490 e. The second kappa shape index (κ2) is 5.17. The number of imidazole rings is 1. The van der Waals surface area contributed by atoms with Crippen molar-refractivity contribution in [3.8, 4) is 5.75 Å². The van der Waals surface area contributed by atoms with Crippen molar-refractivity contribution >= 4 is 17.5 Å². The predicted molar refractivity (Wildman–Crippen MR) is 66.2 cm³/mol. The van der Waals surface area contributed by atoms with Crippen molar-refractivity contribution in [2.75, 3.05) is 12.4 Å². The molecule has 1 aromatic carbocycles. The quantitative estimate of drug-likeness (QED) is 0.642. The molecular weight excluding hydrogens is 252 g/mol. The molecule has 0 aliphatic rings. The molecule has 2 rings (SSSR count). The summed E-state index contributed by atoms with van der Waals surface area (Å²) in [6.07, 6.45) is 3.05. The number of nitro groups is 1. The molecule has 8 nitrogen and oxygen atoms in total. The van der Waals surface area contributed by atoms with Crippen LogP contribution in [0, 0.1) is 10.1 Å². The lowest BCUT2D eigenvalue weighted by Gasteiger charge is -2.05. The molecule has 0 radical (unpaired) electrons. The maximum Gasteiger partial charge on any atom is 0.310 e. The molecule has 0 bridgehead atoms. The van der Waals surface area contributed by atoms with Gasteiger partial charge < -0.3 is 9.72 Å². The number of rotatable bonds is 4. The molecule has 0 spiro atoms. The van der Waals surface area contributed by atoms with Gasteiger partial charge in [-0.3, -0.25) is 20.2 Å². The van der Waals surface area contributed by atoms with Crippen molar-refractivity contribution in [3.63, 3.8) is 0 Å². The van der Waals surface area contributed by atoms with Gasteiger partial charge in [-0.05, 0) is 6.07 Å². The van der Waals surface area contributed by atoms with Crippen LogP contribution >= 0.6 is 0 Å². The Morgan fingerprint density at radius 2 is 2.32 bits per heavy atom. The molecule has 0 saturated heterocycles. The maximum atomic E-state index is 11.9. The molecule has 1 amide bonds.